The molecule has 0 radical (unpaired) electrons. The summed E-state index contributed by atoms with van der Waals surface area (Å²) in [6.45, 7) is 3.23. The molecule has 0 aliphatic carbocycles. The van der Waals surface area contributed by atoms with Gasteiger partial charge < -0.3 is 10.4 Å². The van der Waals surface area contributed by atoms with Gasteiger partial charge >= 0.3 is 6.18 Å². The van der Waals surface area contributed by atoms with E-state index in [1.165, 1.54) is 12.1 Å². The maximum absolute atomic E-state index is 13.0. The van der Waals surface area contributed by atoms with Crippen LogP contribution < -0.4 is 5.32 Å². The van der Waals surface area contributed by atoms with Crippen molar-refractivity contribution < 1.29 is 18.3 Å². The van der Waals surface area contributed by atoms with Gasteiger partial charge in [0.05, 0.1) is 5.56 Å². The number of hydrogen-bond donors (Lipinski definition) is 2. The van der Waals surface area contributed by atoms with Crippen LogP contribution in [0.2, 0.25) is 0 Å². The second kappa shape index (κ2) is 8.54. The summed E-state index contributed by atoms with van der Waals surface area (Å²) in [5.74, 6) is 0.479. The van der Waals surface area contributed by atoms with Gasteiger partial charge in [0.2, 0.25) is 0 Å². The number of thioether (sulfide) groups is 1. The molecule has 0 heterocycles. The van der Waals surface area contributed by atoms with Crippen LogP contribution in [0.5, 0.6) is 0 Å². The van der Waals surface area contributed by atoms with E-state index >= 15 is 0 Å². The lowest BCUT2D eigenvalue weighted by Crippen LogP contribution is -2.15. The fourth-order valence-electron chi connectivity index (χ4n) is 1.69. The van der Waals surface area contributed by atoms with Crippen LogP contribution in [0.25, 0.3) is 0 Å². The van der Waals surface area contributed by atoms with Gasteiger partial charge in [-0.1, -0.05) is 13.0 Å². The van der Waals surface area contributed by atoms with Crippen LogP contribution in [0, 0.1) is 0 Å². The van der Waals surface area contributed by atoms with E-state index in [-0.39, 0.29) is 11.5 Å². The maximum Gasteiger partial charge on any atom is 0.417 e. The van der Waals surface area contributed by atoms with E-state index in [1.54, 1.807) is 6.07 Å². The van der Waals surface area contributed by atoms with E-state index in [9.17, 15) is 13.2 Å². The van der Waals surface area contributed by atoms with Crippen molar-refractivity contribution in [3.63, 3.8) is 0 Å². The second-order valence-corrected chi connectivity index (χ2v) is 5.57. The van der Waals surface area contributed by atoms with Gasteiger partial charge in [-0.3, -0.25) is 0 Å². The molecule has 2 N–H and O–H groups in total. The first kappa shape index (κ1) is 17.3. The fourth-order valence-corrected chi connectivity index (χ4v) is 2.68. The Balaban J connectivity index is 2.83. The molecule has 0 unspecified atom stereocenters. The average Bonchev–Trinajstić information content (AvgIpc) is 2.39. The van der Waals surface area contributed by atoms with Crippen LogP contribution in [-0.2, 0) is 12.7 Å². The van der Waals surface area contributed by atoms with E-state index in [0.717, 1.165) is 24.7 Å². The van der Waals surface area contributed by atoms with Crippen LogP contribution >= 0.6 is 11.8 Å². The van der Waals surface area contributed by atoms with E-state index in [1.807, 2.05) is 6.92 Å². The summed E-state index contributed by atoms with van der Waals surface area (Å²) in [7, 11) is 0. The maximum atomic E-state index is 13.0. The standard InChI is InChI=1S/C14H20F3NOS/c1-2-6-18-10-11-4-5-13(20-8-3-7-19)12(9-11)14(15,16)17/h4-5,9,18-19H,2-3,6-8,10H2,1H3. The summed E-state index contributed by atoms with van der Waals surface area (Å²) in [6, 6.07) is 4.46. The lowest BCUT2D eigenvalue weighted by Gasteiger charge is -2.14. The van der Waals surface area contributed by atoms with Gasteiger partial charge in [0.1, 0.15) is 0 Å². The molecular formula is C14H20F3NOS. The van der Waals surface area contributed by atoms with Crippen LogP contribution in [-0.4, -0.2) is 24.0 Å². The molecule has 1 aromatic carbocycles. The fraction of sp³-hybridized carbons (Fsp3) is 0.571. The Morgan fingerprint density at radius 3 is 2.65 bits per heavy atom. The Morgan fingerprint density at radius 2 is 2.05 bits per heavy atom. The molecule has 0 saturated heterocycles. The van der Waals surface area contributed by atoms with E-state index in [0.29, 0.717) is 24.3 Å². The Bertz CT molecular complexity index is 410. The molecule has 0 atom stereocenters. The molecule has 0 aliphatic heterocycles. The first-order valence-corrected chi connectivity index (χ1v) is 7.62. The molecule has 114 valence electrons. The van der Waals surface area contributed by atoms with Crippen molar-refractivity contribution in [3.8, 4) is 0 Å². The van der Waals surface area contributed by atoms with Crippen molar-refractivity contribution in [3.05, 3.63) is 29.3 Å². The van der Waals surface area contributed by atoms with Crippen LogP contribution in [0.3, 0.4) is 0 Å². The molecule has 0 spiro atoms. The summed E-state index contributed by atoms with van der Waals surface area (Å²) in [4.78, 5) is 0.227. The molecule has 20 heavy (non-hydrogen) atoms. The van der Waals surface area contributed by atoms with Crippen LogP contribution in [0.15, 0.2) is 23.1 Å². The SMILES string of the molecule is CCCNCc1ccc(SCCCO)c(C(F)(F)F)c1. The number of aliphatic hydroxyl groups excluding tert-OH is 1. The molecule has 0 fully saturated rings. The highest BCUT2D eigenvalue weighted by molar-refractivity contribution is 7.99. The van der Waals surface area contributed by atoms with Crippen LogP contribution in [0.1, 0.15) is 30.9 Å². The number of rotatable bonds is 8. The Labute approximate surface area is 121 Å². The van der Waals surface area contributed by atoms with Gasteiger partial charge in [-0.2, -0.15) is 13.2 Å². The Morgan fingerprint density at radius 1 is 1.30 bits per heavy atom. The van der Waals surface area contributed by atoms with Gasteiger partial charge in [-0.05, 0) is 37.1 Å². The molecule has 0 saturated carbocycles. The van der Waals surface area contributed by atoms with Gasteiger partial charge in [-0.15, -0.1) is 11.8 Å². The van der Waals surface area contributed by atoms with Crippen molar-refractivity contribution in [1.82, 2.24) is 5.32 Å². The molecule has 1 aromatic rings. The number of hydrogen-bond acceptors (Lipinski definition) is 3. The highest BCUT2D eigenvalue weighted by Gasteiger charge is 2.33. The van der Waals surface area contributed by atoms with Crippen molar-refractivity contribution >= 4 is 11.8 Å². The third kappa shape index (κ3) is 5.73. The molecule has 0 aromatic heterocycles. The summed E-state index contributed by atoms with van der Waals surface area (Å²) in [5, 5.41) is 11.8. The predicted octanol–water partition coefficient (Wildman–Crippen LogP) is 3.68. The van der Waals surface area contributed by atoms with Crippen molar-refractivity contribution in [1.29, 1.82) is 0 Å². The molecular weight excluding hydrogens is 287 g/mol. The smallest absolute Gasteiger partial charge is 0.396 e. The molecule has 2 nitrogen and oxygen atoms in total. The number of benzene rings is 1. The summed E-state index contributed by atoms with van der Waals surface area (Å²) in [6.07, 6.45) is -2.91. The van der Waals surface area contributed by atoms with Gasteiger partial charge in [0.15, 0.2) is 0 Å². The number of alkyl halides is 3. The Hall–Kier alpha value is -0.720. The number of aliphatic hydroxyl groups is 1. The summed E-state index contributed by atoms with van der Waals surface area (Å²) >= 11 is 1.14. The molecule has 1 rings (SSSR count). The molecule has 0 amide bonds. The minimum Gasteiger partial charge on any atom is -0.396 e. The van der Waals surface area contributed by atoms with E-state index in [4.69, 9.17) is 5.11 Å². The number of halogens is 3. The normalized spacial score (nSPS) is 11.8. The highest BCUT2D eigenvalue weighted by atomic mass is 32.2. The summed E-state index contributed by atoms with van der Waals surface area (Å²) < 4.78 is 39.1. The van der Waals surface area contributed by atoms with Gasteiger partial charge in [0, 0.05) is 23.8 Å². The zero-order valence-corrected chi connectivity index (χ0v) is 12.3. The summed E-state index contributed by atoms with van der Waals surface area (Å²) in [5.41, 5.74) is 0.0496. The monoisotopic (exact) mass is 307 g/mol. The van der Waals surface area contributed by atoms with Crippen molar-refractivity contribution in [2.45, 2.75) is 37.4 Å². The lowest BCUT2D eigenvalue weighted by atomic mass is 10.1. The second-order valence-electron chi connectivity index (χ2n) is 4.43. The first-order chi connectivity index (χ1) is 9.49. The highest BCUT2D eigenvalue weighted by Crippen LogP contribution is 2.37. The van der Waals surface area contributed by atoms with Crippen LogP contribution in [0.4, 0.5) is 13.2 Å². The molecule has 6 heteroatoms. The topological polar surface area (TPSA) is 32.3 Å². The lowest BCUT2D eigenvalue weighted by molar-refractivity contribution is -0.139. The zero-order valence-electron chi connectivity index (χ0n) is 11.5. The minimum absolute atomic E-state index is 0.00657. The molecule has 0 aliphatic rings. The predicted molar refractivity (Wildman–Crippen MR) is 75.9 cm³/mol. The number of nitrogens with one attached hydrogen (secondary N) is 1. The zero-order chi connectivity index (χ0) is 15.0. The van der Waals surface area contributed by atoms with Gasteiger partial charge in [0.25, 0.3) is 0 Å². The van der Waals surface area contributed by atoms with Crippen molar-refractivity contribution in [2.75, 3.05) is 18.9 Å². The first-order valence-electron chi connectivity index (χ1n) is 6.63. The van der Waals surface area contributed by atoms with E-state index < -0.39 is 11.7 Å². The average molecular weight is 307 g/mol. The van der Waals surface area contributed by atoms with Gasteiger partial charge in [-0.25, -0.2) is 0 Å². The third-order valence-corrected chi connectivity index (χ3v) is 3.83. The Kier molecular flexibility index (Phi) is 7.40. The minimum atomic E-state index is -4.34. The largest absolute Gasteiger partial charge is 0.417 e. The quantitative estimate of drug-likeness (QED) is 0.567. The van der Waals surface area contributed by atoms with E-state index in [2.05, 4.69) is 5.32 Å². The molecule has 0 bridgehead atoms. The third-order valence-electron chi connectivity index (χ3n) is 2.67. The van der Waals surface area contributed by atoms with Crippen molar-refractivity contribution in [2.24, 2.45) is 0 Å².